The van der Waals surface area contributed by atoms with Gasteiger partial charge in [0.1, 0.15) is 0 Å². The standard InChI is InChI=1S/C14H11NO3.3C4H9.Pb/c15-10-12(9-11-5-2-1-3-6-11)14(16)18-13-7-4-8-17-13;3*1-3-4-2;/h1-8,16H,9H2;3*1,3-4H2,2H3;/q;;;;+1/p-1/b14-12-;;;;. The van der Waals surface area contributed by atoms with Crippen LogP contribution in [0.2, 0.25) is 11.9 Å². The van der Waals surface area contributed by atoms with Gasteiger partial charge in [0.05, 0.1) is 0 Å². The molecule has 168 valence electrons. The number of ether oxygens (including phenoxy) is 1. The fourth-order valence-electron chi connectivity index (χ4n) is 3.74. The Hall–Kier alpha value is -1.75. The summed E-state index contributed by atoms with van der Waals surface area (Å²) in [5.74, 6) is 0.755. The number of hydrogen-bond acceptors (Lipinski definition) is 4. The van der Waals surface area contributed by atoms with E-state index in [1.807, 2.05) is 30.3 Å². The Morgan fingerprint density at radius 2 is 1.52 bits per heavy atom. The zero-order chi connectivity index (χ0) is 22.4. The Morgan fingerprint density at radius 3 is 2.00 bits per heavy atom. The van der Waals surface area contributed by atoms with Crippen molar-refractivity contribution >= 4 is 21.6 Å². The van der Waals surface area contributed by atoms with Crippen LogP contribution < -0.4 is 4.74 Å². The second-order valence-corrected chi connectivity index (χ2v) is 24.0. The van der Waals surface area contributed by atoms with Crippen LogP contribution in [0.4, 0.5) is 0 Å². The summed E-state index contributed by atoms with van der Waals surface area (Å²) in [6, 6.07) is 16.0. The first-order chi connectivity index (χ1) is 15.2. The first-order valence-electron chi connectivity index (χ1n) is 11.7. The van der Waals surface area contributed by atoms with Crippen LogP contribution in [-0.2, 0) is 9.11 Å². The van der Waals surface area contributed by atoms with E-state index in [9.17, 15) is 5.26 Å². The van der Waals surface area contributed by atoms with Crippen molar-refractivity contribution in [1.82, 2.24) is 0 Å². The van der Waals surface area contributed by atoms with Crippen molar-refractivity contribution in [2.24, 2.45) is 0 Å². The molecule has 0 aliphatic carbocycles. The summed E-state index contributed by atoms with van der Waals surface area (Å²) in [5.41, 5.74) is 1.61. The maximum absolute atomic E-state index is 10.0. The van der Waals surface area contributed by atoms with Gasteiger partial charge in [-0.1, -0.05) is 0 Å². The summed E-state index contributed by atoms with van der Waals surface area (Å²) in [6.45, 7) is 6.72. The van der Waals surface area contributed by atoms with Gasteiger partial charge in [-0.25, -0.2) is 0 Å². The number of allylic oxidation sites excluding steroid dienone is 1. The number of benzene rings is 1. The Balaban J connectivity index is 2.43. The Morgan fingerprint density at radius 1 is 0.903 bits per heavy atom. The molecule has 2 rings (SSSR count). The topological polar surface area (TPSA) is 55.4 Å². The zero-order valence-electron chi connectivity index (χ0n) is 19.4. The third kappa shape index (κ3) is 8.72. The van der Waals surface area contributed by atoms with Crippen molar-refractivity contribution in [1.29, 1.82) is 5.26 Å². The summed E-state index contributed by atoms with van der Waals surface area (Å²) in [4.78, 5) is 0. The third-order valence-corrected chi connectivity index (χ3v) is 22.7. The number of rotatable bonds is 15. The van der Waals surface area contributed by atoms with Gasteiger partial charge in [0, 0.05) is 0 Å². The number of furan rings is 1. The minimum atomic E-state index is -3.20. The van der Waals surface area contributed by atoms with Gasteiger partial charge in [-0.3, -0.25) is 0 Å². The van der Waals surface area contributed by atoms with E-state index in [4.69, 9.17) is 11.8 Å². The van der Waals surface area contributed by atoms with E-state index in [-0.39, 0.29) is 0 Å². The van der Waals surface area contributed by atoms with Crippen LogP contribution in [0.15, 0.2) is 64.7 Å². The number of nitriles is 1. The van der Waals surface area contributed by atoms with Gasteiger partial charge in [0.25, 0.3) is 0 Å². The normalized spacial score (nSPS) is 12.2. The maximum atomic E-state index is 10.0. The molecule has 0 atom stereocenters. The van der Waals surface area contributed by atoms with Crippen molar-refractivity contribution in [3.05, 3.63) is 65.8 Å². The van der Waals surface area contributed by atoms with Crippen LogP contribution in [0.25, 0.3) is 0 Å². The minimum absolute atomic E-state index is 0.375. The summed E-state index contributed by atoms with van der Waals surface area (Å²) >= 11 is -3.20. The predicted octanol–water partition coefficient (Wildman–Crippen LogP) is 8.00. The molecule has 1 aromatic carbocycles. The Labute approximate surface area is 193 Å². The van der Waals surface area contributed by atoms with Crippen molar-refractivity contribution in [3.63, 3.8) is 0 Å². The first kappa shape index (κ1) is 25.5. The van der Waals surface area contributed by atoms with E-state index >= 15 is 0 Å². The summed E-state index contributed by atoms with van der Waals surface area (Å²) in [6.07, 6.45) is 9.12. The molecule has 0 fully saturated rings. The molecule has 4 nitrogen and oxygen atoms in total. The van der Waals surface area contributed by atoms with Gasteiger partial charge in [-0.05, 0) is 0 Å². The molecule has 2 aromatic rings. The van der Waals surface area contributed by atoms with E-state index in [1.165, 1.54) is 31.2 Å². The van der Waals surface area contributed by atoms with Crippen LogP contribution in [0, 0.1) is 11.3 Å². The second-order valence-electron chi connectivity index (χ2n) is 8.17. The molecule has 0 saturated heterocycles. The molecule has 0 spiro atoms. The predicted molar refractivity (Wildman–Crippen MR) is 128 cm³/mol. The summed E-state index contributed by atoms with van der Waals surface area (Å²) in [7, 11) is 0. The van der Waals surface area contributed by atoms with Crippen LogP contribution >= 0.6 is 0 Å². The van der Waals surface area contributed by atoms with Crippen molar-refractivity contribution in [2.45, 2.75) is 77.7 Å². The van der Waals surface area contributed by atoms with E-state index in [1.54, 1.807) is 18.4 Å². The molecule has 0 N–H and O–H groups in total. The van der Waals surface area contributed by atoms with Gasteiger partial charge in [0.2, 0.25) is 0 Å². The van der Waals surface area contributed by atoms with Crippen LogP contribution in [0.3, 0.4) is 0 Å². The van der Waals surface area contributed by atoms with Crippen molar-refractivity contribution < 1.29 is 11.8 Å². The van der Waals surface area contributed by atoms with E-state index < -0.39 is 21.6 Å². The van der Waals surface area contributed by atoms with E-state index in [2.05, 4.69) is 26.8 Å². The molecule has 0 unspecified atom stereocenters. The fourth-order valence-corrected chi connectivity index (χ4v) is 21.6. The molecule has 0 aliphatic rings. The molecule has 5 heteroatoms. The van der Waals surface area contributed by atoms with Crippen LogP contribution in [0.5, 0.6) is 5.95 Å². The average molecular weight is 619 g/mol. The molecule has 0 saturated carbocycles. The van der Waals surface area contributed by atoms with Gasteiger partial charge >= 0.3 is 194 Å². The molecule has 0 bridgehead atoms. The van der Waals surface area contributed by atoms with Crippen LogP contribution in [-0.4, -0.2) is 21.6 Å². The summed E-state index contributed by atoms with van der Waals surface area (Å²) < 4.78 is 22.0. The molecular weight excluding hydrogens is 581 g/mol. The Kier molecular flexibility index (Phi) is 11.8. The number of nitrogens with zero attached hydrogens (tertiary/aromatic N) is 1. The van der Waals surface area contributed by atoms with Crippen molar-refractivity contribution in [3.8, 4) is 12.0 Å². The first-order valence-corrected chi connectivity index (χ1v) is 21.6. The second kappa shape index (κ2) is 14.3. The molecule has 0 aliphatic heterocycles. The van der Waals surface area contributed by atoms with Crippen molar-refractivity contribution in [2.75, 3.05) is 0 Å². The number of unbranched alkanes of at least 4 members (excludes halogenated alkanes) is 3. The van der Waals surface area contributed by atoms with E-state index in [0.29, 0.717) is 23.9 Å². The average Bonchev–Trinajstić information content (AvgIpc) is 3.31. The third-order valence-electron chi connectivity index (χ3n) is 5.56. The monoisotopic (exact) mass is 619 g/mol. The number of hydrogen-bond donors (Lipinski definition) is 0. The zero-order valence-corrected chi connectivity index (χ0v) is 23.2. The van der Waals surface area contributed by atoms with Gasteiger partial charge in [0.15, 0.2) is 0 Å². The molecular formula is C26H37NO3Pb. The van der Waals surface area contributed by atoms with Gasteiger partial charge in [-0.15, -0.1) is 0 Å². The SMILES string of the molecule is CCC[CH2][Pb]([CH2]CCC)([CH2]CCC)[O]/C(Oc1ccco1)=C(/C#N)Cc1ccccc1. The molecule has 1 aromatic heterocycles. The molecule has 0 amide bonds. The van der Waals surface area contributed by atoms with E-state index in [0.717, 1.165) is 24.8 Å². The fraction of sp³-hybridized carbons (Fsp3) is 0.500. The Bertz CT molecular complexity index is 787. The molecule has 31 heavy (non-hydrogen) atoms. The summed E-state index contributed by atoms with van der Waals surface area (Å²) in [5, 5.41) is 10.0. The quantitative estimate of drug-likeness (QED) is 0.115. The van der Waals surface area contributed by atoms with Crippen LogP contribution in [0.1, 0.15) is 64.9 Å². The molecule has 1 heterocycles. The molecule has 0 radical (unpaired) electrons. The van der Waals surface area contributed by atoms with Gasteiger partial charge < -0.3 is 0 Å². The van der Waals surface area contributed by atoms with Gasteiger partial charge in [-0.2, -0.15) is 0 Å².